The highest BCUT2D eigenvalue weighted by atomic mass is 16.5. The van der Waals surface area contributed by atoms with Crippen LogP contribution >= 0.6 is 0 Å². The predicted molar refractivity (Wildman–Crippen MR) is 75.1 cm³/mol. The van der Waals surface area contributed by atoms with Gasteiger partial charge in [0.1, 0.15) is 5.75 Å². The number of hydrogen-bond acceptors (Lipinski definition) is 6. The molecule has 2 aromatic heterocycles. The van der Waals surface area contributed by atoms with Crippen molar-refractivity contribution in [1.82, 2.24) is 19.5 Å². The first-order valence-corrected chi connectivity index (χ1v) is 6.09. The molecular weight excluding hydrogens is 274 g/mol. The highest BCUT2D eigenvalue weighted by Gasteiger charge is 2.17. The Hall–Kier alpha value is -3.16. The summed E-state index contributed by atoms with van der Waals surface area (Å²) in [5.74, 6) is -0.302. The van der Waals surface area contributed by atoms with Crippen LogP contribution < -0.4 is 16.0 Å². The Balaban J connectivity index is 1.89. The second kappa shape index (κ2) is 5.08. The molecule has 0 aliphatic carbocycles. The molecule has 106 valence electrons. The quantitative estimate of drug-likeness (QED) is 0.720. The lowest BCUT2D eigenvalue weighted by Gasteiger charge is -2.08. The van der Waals surface area contributed by atoms with E-state index in [1.807, 2.05) is 6.07 Å². The average molecular weight is 285 g/mol. The minimum atomic E-state index is -0.625. The van der Waals surface area contributed by atoms with Crippen molar-refractivity contribution in [2.45, 2.75) is 0 Å². The van der Waals surface area contributed by atoms with E-state index in [0.717, 1.165) is 4.57 Å². The van der Waals surface area contributed by atoms with Crippen LogP contribution in [0.3, 0.4) is 0 Å². The zero-order valence-corrected chi connectivity index (χ0v) is 10.8. The van der Waals surface area contributed by atoms with Crippen molar-refractivity contribution in [2.24, 2.45) is 0 Å². The Morgan fingerprint density at radius 2 is 2.10 bits per heavy atom. The van der Waals surface area contributed by atoms with Gasteiger partial charge in [0, 0.05) is 0 Å². The molecule has 0 atom stereocenters. The van der Waals surface area contributed by atoms with E-state index in [0.29, 0.717) is 5.75 Å². The number of nitrogens with zero attached hydrogens (tertiary/aromatic N) is 3. The minimum absolute atomic E-state index is 0.0530. The number of ether oxygens (including phenoxy) is 1. The summed E-state index contributed by atoms with van der Waals surface area (Å²) in [6.07, 6.45) is 1.31. The van der Waals surface area contributed by atoms with Gasteiger partial charge in [-0.05, 0) is 12.1 Å². The highest BCUT2D eigenvalue weighted by molar-refractivity contribution is 5.85. The number of H-pyrrole nitrogens is 1. The molecule has 0 aliphatic rings. The molecule has 0 saturated carbocycles. The number of hydrogen-bond donors (Lipinski definition) is 2. The summed E-state index contributed by atoms with van der Waals surface area (Å²) in [7, 11) is 0. The number of carbonyl (C=O) groups is 1. The molecule has 0 fully saturated rings. The molecule has 0 amide bonds. The first kappa shape index (κ1) is 12.9. The average Bonchev–Trinajstić information content (AvgIpc) is 2.94. The molecule has 0 unspecified atom stereocenters. The van der Waals surface area contributed by atoms with Gasteiger partial charge in [0.25, 0.3) is 11.5 Å². The van der Waals surface area contributed by atoms with Gasteiger partial charge in [-0.3, -0.25) is 9.59 Å². The number of anilines is 1. The van der Waals surface area contributed by atoms with Crippen LogP contribution in [0.25, 0.3) is 11.2 Å². The Labute approximate surface area is 118 Å². The molecule has 2 heterocycles. The number of fused-ring (bicyclic) bond motifs is 1. The monoisotopic (exact) mass is 285 g/mol. The number of aromatic amines is 1. The SMILES string of the molecule is Nc1nc2[nH]cnc2c(=O)n1C(=O)COc1ccccc1. The molecule has 0 radical (unpaired) electrons. The van der Waals surface area contributed by atoms with Gasteiger partial charge in [0.2, 0.25) is 5.95 Å². The van der Waals surface area contributed by atoms with Gasteiger partial charge >= 0.3 is 0 Å². The maximum atomic E-state index is 12.1. The fraction of sp³-hybridized carbons (Fsp3) is 0.0769. The number of nitrogens with one attached hydrogen (secondary N) is 1. The number of aromatic nitrogens is 4. The van der Waals surface area contributed by atoms with Gasteiger partial charge < -0.3 is 15.5 Å². The lowest BCUT2D eigenvalue weighted by Crippen LogP contribution is -2.33. The Kier molecular flexibility index (Phi) is 3.11. The molecular formula is C13H11N5O3. The fourth-order valence-electron chi connectivity index (χ4n) is 1.87. The summed E-state index contributed by atoms with van der Waals surface area (Å²) < 4.78 is 6.06. The van der Waals surface area contributed by atoms with Gasteiger partial charge in [-0.1, -0.05) is 18.2 Å². The largest absolute Gasteiger partial charge is 0.484 e. The zero-order valence-electron chi connectivity index (χ0n) is 10.8. The number of benzene rings is 1. The summed E-state index contributed by atoms with van der Waals surface area (Å²) in [5.41, 5.74) is 5.31. The van der Waals surface area contributed by atoms with Crippen LogP contribution in [0.15, 0.2) is 41.5 Å². The Morgan fingerprint density at radius 3 is 2.86 bits per heavy atom. The molecule has 3 N–H and O–H groups in total. The lowest BCUT2D eigenvalue weighted by atomic mass is 10.3. The number of imidazole rings is 1. The normalized spacial score (nSPS) is 10.7. The Morgan fingerprint density at radius 1 is 1.33 bits per heavy atom. The van der Waals surface area contributed by atoms with E-state index in [2.05, 4.69) is 15.0 Å². The van der Waals surface area contributed by atoms with Crippen molar-refractivity contribution in [1.29, 1.82) is 0 Å². The van der Waals surface area contributed by atoms with Crippen molar-refractivity contribution < 1.29 is 9.53 Å². The molecule has 8 nitrogen and oxygen atoms in total. The maximum absolute atomic E-state index is 12.1. The van der Waals surface area contributed by atoms with E-state index < -0.39 is 11.5 Å². The van der Waals surface area contributed by atoms with Crippen LogP contribution in [0.4, 0.5) is 5.95 Å². The minimum Gasteiger partial charge on any atom is -0.484 e. The summed E-state index contributed by atoms with van der Waals surface area (Å²) in [4.78, 5) is 34.7. The van der Waals surface area contributed by atoms with E-state index in [-0.39, 0.29) is 23.7 Å². The topological polar surface area (TPSA) is 116 Å². The van der Waals surface area contributed by atoms with Gasteiger partial charge in [0.15, 0.2) is 17.8 Å². The number of nitrogens with two attached hydrogens (primary N) is 1. The maximum Gasteiger partial charge on any atom is 0.290 e. The van der Waals surface area contributed by atoms with Crippen molar-refractivity contribution >= 4 is 23.0 Å². The summed E-state index contributed by atoms with van der Waals surface area (Å²) in [5, 5.41) is 0. The number of carbonyl (C=O) groups excluding carboxylic acids is 1. The van der Waals surface area contributed by atoms with E-state index in [1.54, 1.807) is 24.3 Å². The second-order valence-corrected chi connectivity index (χ2v) is 4.21. The molecule has 0 spiro atoms. The summed E-state index contributed by atoms with van der Waals surface area (Å²) >= 11 is 0. The first-order valence-electron chi connectivity index (χ1n) is 6.09. The Bertz CT molecular complexity index is 853. The second-order valence-electron chi connectivity index (χ2n) is 4.21. The number of nitrogen functional groups attached to an aromatic ring is 1. The van der Waals surface area contributed by atoms with Gasteiger partial charge in [-0.25, -0.2) is 9.55 Å². The molecule has 3 aromatic rings. The first-order chi connectivity index (χ1) is 10.2. The van der Waals surface area contributed by atoms with Gasteiger partial charge in [0.05, 0.1) is 6.33 Å². The summed E-state index contributed by atoms with van der Waals surface area (Å²) in [6, 6.07) is 8.78. The van der Waals surface area contributed by atoms with E-state index in [4.69, 9.17) is 10.5 Å². The van der Waals surface area contributed by atoms with Gasteiger partial charge in [-0.15, -0.1) is 0 Å². The van der Waals surface area contributed by atoms with Crippen LogP contribution in [-0.4, -0.2) is 32.0 Å². The summed E-state index contributed by atoms with van der Waals surface area (Å²) in [6.45, 7) is -0.328. The van der Waals surface area contributed by atoms with Crippen molar-refractivity contribution in [3.05, 3.63) is 47.0 Å². The highest BCUT2D eigenvalue weighted by Crippen LogP contribution is 2.09. The number of para-hydroxylation sites is 1. The van der Waals surface area contributed by atoms with Crippen LogP contribution in [-0.2, 0) is 0 Å². The van der Waals surface area contributed by atoms with Gasteiger partial charge in [-0.2, -0.15) is 4.98 Å². The van der Waals surface area contributed by atoms with Crippen molar-refractivity contribution in [3.8, 4) is 5.75 Å². The van der Waals surface area contributed by atoms with Crippen LogP contribution in [0.5, 0.6) is 5.75 Å². The fourth-order valence-corrected chi connectivity index (χ4v) is 1.87. The molecule has 8 heteroatoms. The smallest absolute Gasteiger partial charge is 0.290 e. The molecule has 0 aliphatic heterocycles. The third-order valence-corrected chi connectivity index (χ3v) is 2.84. The van der Waals surface area contributed by atoms with E-state index >= 15 is 0 Å². The van der Waals surface area contributed by atoms with Crippen LogP contribution in [0, 0.1) is 0 Å². The molecule has 1 aromatic carbocycles. The molecule has 3 rings (SSSR count). The van der Waals surface area contributed by atoms with E-state index in [1.165, 1.54) is 6.33 Å². The number of rotatable bonds is 3. The van der Waals surface area contributed by atoms with E-state index in [9.17, 15) is 9.59 Å². The standard InChI is InChI=1S/C13H11N5O3/c14-13-17-11-10(15-7-16-11)12(20)18(13)9(19)6-21-8-4-2-1-3-5-8/h1-5,7H,6H2,(H2,14,17)(H,15,16). The van der Waals surface area contributed by atoms with Crippen molar-refractivity contribution in [2.75, 3.05) is 12.3 Å². The zero-order chi connectivity index (χ0) is 14.8. The third-order valence-electron chi connectivity index (χ3n) is 2.84. The predicted octanol–water partition coefficient (Wildman–Crippen LogP) is 0.421. The van der Waals surface area contributed by atoms with Crippen LogP contribution in [0.2, 0.25) is 0 Å². The third kappa shape index (κ3) is 2.34. The lowest BCUT2D eigenvalue weighted by molar-refractivity contribution is 0.0835. The molecule has 0 saturated heterocycles. The molecule has 21 heavy (non-hydrogen) atoms. The molecule has 0 bridgehead atoms. The van der Waals surface area contributed by atoms with Crippen LogP contribution in [0.1, 0.15) is 4.79 Å². The van der Waals surface area contributed by atoms with Crippen molar-refractivity contribution in [3.63, 3.8) is 0 Å².